The van der Waals surface area contributed by atoms with E-state index in [-0.39, 0.29) is 16.2 Å². The summed E-state index contributed by atoms with van der Waals surface area (Å²) in [6.07, 6.45) is 14.2. The number of hydrogen-bond donors (Lipinski definition) is 0. The Morgan fingerprint density at radius 2 is 0.700 bits per heavy atom. The number of pyridine rings is 6. The van der Waals surface area contributed by atoms with E-state index in [1.807, 2.05) is 167 Å². The lowest BCUT2D eigenvalue weighted by molar-refractivity contribution is 0.0737. The van der Waals surface area contributed by atoms with Gasteiger partial charge in [-0.1, -0.05) is 220 Å². The summed E-state index contributed by atoms with van der Waals surface area (Å²) in [5, 5.41) is 0. The summed E-state index contributed by atoms with van der Waals surface area (Å²) in [7, 11) is -1.21. The average Bonchev–Trinajstić information content (AvgIpc) is 1.54. The second-order valence-electron chi connectivity index (χ2n) is 42.5. The number of benzene rings is 9. The molecule has 18 aromatic rings. The molecule has 0 amide bonds. The summed E-state index contributed by atoms with van der Waals surface area (Å²) in [5.41, 5.74) is 31.9. The number of esters is 1. The molecule has 9 aromatic carbocycles. The van der Waals surface area contributed by atoms with Gasteiger partial charge in [-0.05, 0) is 337 Å². The summed E-state index contributed by atoms with van der Waals surface area (Å²) in [6.45, 7) is 51.8. The molecule has 1 unspecified atom stereocenters. The van der Waals surface area contributed by atoms with Crippen LogP contribution < -0.4 is 43.6 Å². The summed E-state index contributed by atoms with van der Waals surface area (Å²) in [4.78, 5) is 58.0. The van der Waals surface area contributed by atoms with E-state index in [0.29, 0.717) is 35.4 Å². The maximum atomic E-state index is 12.8. The normalized spacial score (nSPS) is 13.8. The highest BCUT2D eigenvalue weighted by Gasteiger charge is 2.39. The number of ether oxygens (including phenoxy) is 3. The monoisotopic (exact) mass is 2020 g/mol. The molecule has 0 N–H and O–H groups in total. The van der Waals surface area contributed by atoms with Gasteiger partial charge in [-0.25, -0.2) is 38.9 Å². The molecule has 760 valence electrons. The second kappa shape index (κ2) is 42.0. The molecule has 0 radical (unpaired) electrons. The van der Waals surface area contributed by atoms with E-state index in [0.717, 1.165) is 166 Å². The Balaban J connectivity index is 0.000000113. The number of carbonyl (C=O) groups excluding carboxylic acids is 1. The lowest BCUT2D eigenvalue weighted by Gasteiger charge is -2.32. The molecule has 0 saturated heterocycles. The van der Waals surface area contributed by atoms with Crippen LogP contribution in [0.3, 0.4) is 0 Å². The molecule has 20 nitrogen and oxygen atoms in total. The number of carbonyl (C=O) groups is 1. The van der Waals surface area contributed by atoms with Crippen molar-refractivity contribution in [3.8, 4) is 23.0 Å². The molecule has 150 heavy (non-hydrogen) atoms. The van der Waals surface area contributed by atoms with Gasteiger partial charge in [0.15, 0.2) is 40.5 Å². The molecule has 0 spiro atoms. The Labute approximate surface area is 887 Å². The fraction of sp³-hybridized carbons (Fsp3) is 0.242. The van der Waals surface area contributed by atoms with Crippen LogP contribution in [0.4, 0.5) is 104 Å². The third-order valence-electron chi connectivity index (χ3n) is 27.5. The molecule has 0 saturated carbocycles. The number of para-hydroxylation sites is 7. The number of anilines is 18. The zero-order chi connectivity index (χ0) is 106. The largest absolute Gasteiger partial charge is 0.485 e. The summed E-state index contributed by atoms with van der Waals surface area (Å²) >= 11 is 1.77. The topological polar surface area (TPSA) is 198 Å². The fourth-order valence-corrected chi connectivity index (χ4v) is 22.6. The molecule has 0 bridgehead atoms. The molecule has 6 aliphatic heterocycles. The number of hydrogen-bond acceptors (Lipinski definition) is 21. The maximum Gasteiger partial charge on any atom is 0.347 e. The molecular weight excluding hydrogens is 1900 g/mol. The highest BCUT2D eigenvalue weighted by atomic mass is 32.2. The predicted molar refractivity (Wildman–Crippen MR) is 608 cm³/mol. The quantitative estimate of drug-likeness (QED) is 0.142. The zero-order valence-electron chi connectivity index (χ0n) is 90.0. The van der Waals surface area contributed by atoms with E-state index >= 15 is 0 Å². The molecule has 0 aliphatic carbocycles. The first-order chi connectivity index (χ1) is 71.8. The van der Waals surface area contributed by atoms with Crippen molar-refractivity contribution >= 4 is 132 Å². The van der Waals surface area contributed by atoms with Crippen molar-refractivity contribution in [1.29, 1.82) is 0 Å². The molecule has 1 atom stereocenters. The third kappa shape index (κ3) is 20.7. The van der Waals surface area contributed by atoms with Crippen LogP contribution in [-0.4, -0.2) is 40.1 Å². The highest BCUT2D eigenvalue weighted by Crippen LogP contribution is 2.57. The van der Waals surface area contributed by atoms with E-state index in [9.17, 15) is 9.00 Å². The number of rotatable bonds is 6. The second-order valence-corrected chi connectivity index (χ2v) is 45.0. The summed E-state index contributed by atoms with van der Waals surface area (Å²) in [6, 6.07) is 86.6. The van der Waals surface area contributed by atoms with Crippen LogP contribution in [0.1, 0.15) is 197 Å². The minimum Gasteiger partial charge on any atom is -0.485 e. The van der Waals surface area contributed by atoms with E-state index in [2.05, 4.69) is 306 Å². The van der Waals surface area contributed by atoms with Gasteiger partial charge in [0.25, 0.3) is 0 Å². The van der Waals surface area contributed by atoms with Crippen LogP contribution in [0.25, 0.3) is 0 Å². The van der Waals surface area contributed by atoms with Crippen LogP contribution in [0.2, 0.25) is 0 Å². The molecule has 6 aliphatic rings. The number of aryl methyl sites for hydroxylation is 17. The van der Waals surface area contributed by atoms with Crippen LogP contribution in [-0.2, 0) is 46.5 Å². The van der Waals surface area contributed by atoms with Gasteiger partial charge in [-0.2, -0.15) is 0 Å². The SMILES string of the molecule is Cc1cc2c(o1)N(c1ccccc1C)c1ccccc1O2.Cc1cc2c(o1)N(c1ccccc1C)c1ccccc1S2.Cc1cc2c(o1)N(c1ccccc1C)c1ccccc1S2=O.Cc1cnc2c(c1)CCCc1cccnc1N2c1c(C)cc(C(C)(C)C)cc1C.Cc1cnc2c(c1)OC(=O)c1cccnc1N2c1c(C)cc(C(C)(C)C)cc1C.Cc1cnc2c(c1)OCc1cccnc1N2c1c(C)cc(C(C)(C)C)cc1C. The van der Waals surface area contributed by atoms with Gasteiger partial charge in [0.05, 0.1) is 71.8 Å². The maximum absolute atomic E-state index is 12.8. The Morgan fingerprint density at radius 3 is 1.25 bits per heavy atom. The zero-order valence-corrected chi connectivity index (χ0v) is 91.6. The van der Waals surface area contributed by atoms with Gasteiger partial charge in [0, 0.05) is 53.7 Å². The summed E-state index contributed by atoms with van der Waals surface area (Å²) < 4.78 is 48.3. The minimum atomic E-state index is -1.21. The van der Waals surface area contributed by atoms with Crippen LogP contribution in [0, 0.1) is 104 Å². The lowest BCUT2D eigenvalue weighted by Crippen LogP contribution is -2.21. The average molecular weight is 2030 g/mol. The van der Waals surface area contributed by atoms with Crippen molar-refractivity contribution in [2.24, 2.45) is 0 Å². The number of fused-ring (bicyclic) bond motifs is 12. The van der Waals surface area contributed by atoms with Crippen molar-refractivity contribution < 1.29 is 36.5 Å². The van der Waals surface area contributed by atoms with Gasteiger partial charge in [-0.3, -0.25) is 29.4 Å². The fourth-order valence-electron chi connectivity index (χ4n) is 20.1. The Bertz CT molecular complexity index is 8010. The van der Waals surface area contributed by atoms with Crippen molar-refractivity contribution in [1.82, 2.24) is 29.9 Å². The smallest absolute Gasteiger partial charge is 0.347 e. The standard InChI is InChI=1S/C26H31N3.C24H25N3O2.C24H27N3O.C18H15NO2S.C18H15NO2.C18H15NOS/c1-17-13-21-10-7-9-20-11-8-12-27-24(20)29(25(21)28-16-17)23-18(2)14-22(15-19(23)3)26(4,5)6;1-14-10-19-22(26-13-14)27(21-18(23(28)29-19)8-7-9-25-21)20-15(2)11-17(12-16(20)3)24(4,5)6;1-15-10-20-23(26-13-15)27(22-18(14-28-20)8-7-9-25-22)21-16(2)11-19(12-17(21)3)24(4,5)6;1-12-7-3-4-8-14(12)19-15-9-5-6-10-16(15)22(20)17-11-13(2)21-18(17)19;2*1-12-7-3-4-8-14(12)19-15-9-5-6-10-16(15)21-17-11-13(2)20-18(17)19/h8,11-16H,7,9-10H2,1-6H3;7-13H,1-6H3;7-13H,14H2,1-6H3;3-11H,1-2H3;2*3-11H,1-2H3. The number of nitrogens with zero attached hydrogens (tertiary/aromatic N) is 12. The van der Waals surface area contributed by atoms with E-state index in [1.54, 1.807) is 36.3 Å². The lowest BCUT2D eigenvalue weighted by atomic mass is 9.84. The van der Waals surface area contributed by atoms with Crippen molar-refractivity contribution in [2.45, 2.75) is 228 Å². The Morgan fingerprint density at radius 1 is 0.300 bits per heavy atom. The molecule has 0 fully saturated rings. The Hall–Kier alpha value is -15.9. The highest BCUT2D eigenvalue weighted by molar-refractivity contribution is 7.99. The van der Waals surface area contributed by atoms with Crippen molar-refractivity contribution in [3.63, 3.8) is 0 Å². The van der Waals surface area contributed by atoms with Gasteiger partial charge >= 0.3 is 5.97 Å². The van der Waals surface area contributed by atoms with E-state index < -0.39 is 16.8 Å². The van der Waals surface area contributed by atoms with Crippen LogP contribution in [0.5, 0.6) is 23.0 Å². The number of furan rings is 3. The molecular formula is C128H128N12O8S2. The molecule has 15 heterocycles. The first-order valence-corrected chi connectivity index (χ1v) is 53.0. The van der Waals surface area contributed by atoms with Crippen LogP contribution in [0.15, 0.2) is 325 Å². The number of aromatic nitrogens is 6. The van der Waals surface area contributed by atoms with Crippen molar-refractivity contribution in [3.05, 3.63) is 415 Å². The Kier molecular flexibility index (Phi) is 28.8. The van der Waals surface area contributed by atoms with E-state index in [1.165, 1.54) is 93.6 Å². The van der Waals surface area contributed by atoms with Gasteiger partial charge in [0.1, 0.15) is 51.8 Å². The first-order valence-electron chi connectivity index (χ1n) is 51.1. The van der Waals surface area contributed by atoms with E-state index in [4.69, 9.17) is 47.4 Å². The summed E-state index contributed by atoms with van der Waals surface area (Å²) in [5.74, 6) is 12.1. The molecule has 9 aromatic heterocycles. The van der Waals surface area contributed by atoms with Gasteiger partial charge in [0.2, 0.25) is 17.7 Å². The van der Waals surface area contributed by atoms with Gasteiger partial charge in [-0.15, -0.1) is 0 Å². The first kappa shape index (κ1) is 103. The molecule has 24 rings (SSSR count). The third-order valence-corrected chi connectivity index (χ3v) is 30.0. The molecule has 22 heteroatoms. The van der Waals surface area contributed by atoms with Crippen molar-refractivity contribution in [2.75, 3.05) is 29.4 Å². The minimum absolute atomic E-state index is 0.0370. The predicted octanol–water partition coefficient (Wildman–Crippen LogP) is 34.6. The van der Waals surface area contributed by atoms with Crippen LogP contribution >= 0.6 is 11.8 Å². The van der Waals surface area contributed by atoms with Gasteiger partial charge < -0.3 is 27.5 Å².